The van der Waals surface area contributed by atoms with Gasteiger partial charge in [-0.1, -0.05) is 17.8 Å². The van der Waals surface area contributed by atoms with E-state index in [-0.39, 0.29) is 5.54 Å². The molecule has 8 heavy (non-hydrogen) atoms. The average Bonchev–Trinajstić information content (AvgIpc) is 1.65. The molecule has 0 spiro atoms. The Bertz CT molecular complexity index is 121. The molecule has 0 saturated heterocycles. The highest BCUT2D eigenvalue weighted by Crippen LogP contribution is 2.17. The molecule has 0 aromatic carbocycles. The van der Waals surface area contributed by atoms with Crippen molar-refractivity contribution in [3.8, 4) is 0 Å². The number of hydrogen-bond donors (Lipinski definition) is 0. The van der Waals surface area contributed by atoms with Crippen LogP contribution in [0.3, 0.4) is 0 Å². The number of aliphatic imine (C=N–C) groups is 1. The lowest BCUT2D eigenvalue weighted by atomic mass is 10.1. The second-order valence-electron chi connectivity index (χ2n) is 2.33. The number of hydrogen-bond acceptors (Lipinski definition) is 2. The fourth-order valence-electron chi connectivity index (χ4n) is 0.450. The lowest BCUT2D eigenvalue weighted by Crippen LogP contribution is -2.13. The van der Waals surface area contributed by atoms with E-state index < -0.39 is 0 Å². The summed E-state index contributed by atoms with van der Waals surface area (Å²) in [6, 6.07) is 0. The predicted octanol–water partition coefficient (Wildman–Crippen LogP) is 2.05. The standard InChI is InChI=1S/C6H9NS/c1-6(2)3-4-8-5-7-6/h3-5H,1-2H3. The van der Waals surface area contributed by atoms with E-state index in [0.29, 0.717) is 0 Å². The molecule has 0 aliphatic carbocycles. The SMILES string of the molecule is CC1(C)C=CSC=N1. The van der Waals surface area contributed by atoms with E-state index in [1.807, 2.05) is 5.55 Å². The molecule has 0 N–H and O–H groups in total. The van der Waals surface area contributed by atoms with Gasteiger partial charge in [-0.05, 0) is 19.3 Å². The monoisotopic (exact) mass is 127 g/mol. The summed E-state index contributed by atoms with van der Waals surface area (Å²) >= 11 is 1.62. The van der Waals surface area contributed by atoms with Crippen molar-refractivity contribution in [1.82, 2.24) is 0 Å². The summed E-state index contributed by atoms with van der Waals surface area (Å²) < 4.78 is 0. The summed E-state index contributed by atoms with van der Waals surface area (Å²) in [5.74, 6) is 0. The van der Waals surface area contributed by atoms with E-state index >= 15 is 0 Å². The Morgan fingerprint density at radius 2 is 2.25 bits per heavy atom. The molecule has 0 aromatic rings. The maximum atomic E-state index is 4.21. The van der Waals surface area contributed by atoms with Crippen LogP contribution < -0.4 is 0 Å². The third-order valence-corrected chi connectivity index (χ3v) is 1.52. The van der Waals surface area contributed by atoms with E-state index in [0.717, 1.165) is 0 Å². The normalized spacial score (nSPS) is 23.8. The van der Waals surface area contributed by atoms with Gasteiger partial charge in [0.15, 0.2) is 0 Å². The quantitative estimate of drug-likeness (QED) is 0.485. The van der Waals surface area contributed by atoms with Gasteiger partial charge in [0.05, 0.1) is 11.1 Å². The average molecular weight is 127 g/mol. The maximum absolute atomic E-state index is 4.21. The molecule has 0 amide bonds. The van der Waals surface area contributed by atoms with Crippen molar-refractivity contribution < 1.29 is 0 Å². The summed E-state index contributed by atoms with van der Waals surface area (Å²) in [6.45, 7) is 4.17. The fraction of sp³-hybridized carbons (Fsp3) is 0.500. The summed E-state index contributed by atoms with van der Waals surface area (Å²) in [5.41, 5.74) is 1.92. The highest BCUT2D eigenvalue weighted by molar-refractivity contribution is 8.14. The molecule has 44 valence electrons. The lowest BCUT2D eigenvalue weighted by Gasteiger charge is -2.15. The Balaban J connectivity index is 2.69. The maximum Gasteiger partial charge on any atom is 0.0745 e. The molecule has 0 atom stereocenters. The molecule has 1 aliphatic rings. The highest BCUT2D eigenvalue weighted by atomic mass is 32.2. The summed E-state index contributed by atoms with van der Waals surface area (Å²) in [4.78, 5) is 4.21. The van der Waals surface area contributed by atoms with Crippen LogP contribution in [0.25, 0.3) is 0 Å². The van der Waals surface area contributed by atoms with E-state index in [1.165, 1.54) is 0 Å². The van der Waals surface area contributed by atoms with Crippen molar-refractivity contribution in [3.05, 3.63) is 11.5 Å². The van der Waals surface area contributed by atoms with Crippen molar-refractivity contribution in [3.63, 3.8) is 0 Å². The molecule has 1 aliphatic heterocycles. The van der Waals surface area contributed by atoms with Crippen LogP contribution in [-0.2, 0) is 0 Å². The Morgan fingerprint density at radius 1 is 1.50 bits per heavy atom. The topological polar surface area (TPSA) is 12.4 Å². The van der Waals surface area contributed by atoms with E-state index in [2.05, 4.69) is 30.3 Å². The molecule has 0 bridgehead atoms. The Kier molecular flexibility index (Phi) is 1.43. The number of nitrogens with zero attached hydrogens (tertiary/aromatic N) is 1. The predicted molar refractivity (Wildman–Crippen MR) is 39.3 cm³/mol. The zero-order valence-electron chi connectivity index (χ0n) is 5.09. The van der Waals surface area contributed by atoms with Gasteiger partial charge in [0, 0.05) is 0 Å². The number of thioether (sulfide) groups is 1. The van der Waals surface area contributed by atoms with Gasteiger partial charge in [-0.2, -0.15) is 0 Å². The minimum atomic E-state index is 0.0469. The van der Waals surface area contributed by atoms with Crippen molar-refractivity contribution in [2.75, 3.05) is 0 Å². The van der Waals surface area contributed by atoms with Gasteiger partial charge >= 0.3 is 0 Å². The van der Waals surface area contributed by atoms with Gasteiger partial charge in [0.25, 0.3) is 0 Å². The van der Waals surface area contributed by atoms with Gasteiger partial charge in [0.2, 0.25) is 0 Å². The van der Waals surface area contributed by atoms with Crippen LogP contribution in [0, 0.1) is 0 Å². The zero-order valence-corrected chi connectivity index (χ0v) is 5.90. The van der Waals surface area contributed by atoms with Gasteiger partial charge in [-0.15, -0.1) is 0 Å². The van der Waals surface area contributed by atoms with Gasteiger partial charge in [0.1, 0.15) is 0 Å². The zero-order chi connectivity index (χ0) is 6.04. The first-order valence-corrected chi connectivity index (χ1v) is 3.52. The van der Waals surface area contributed by atoms with E-state index in [9.17, 15) is 0 Å². The molecule has 0 aromatic heterocycles. The molecule has 0 unspecified atom stereocenters. The van der Waals surface area contributed by atoms with E-state index in [4.69, 9.17) is 0 Å². The van der Waals surface area contributed by atoms with E-state index in [1.54, 1.807) is 11.8 Å². The first kappa shape index (κ1) is 5.89. The minimum Gasteiger partial charge on any atom is -0.276 e. The van der Waals surface area contributed by atoms with Crippen molar-refractivity contribution in [2.45, 2.75) is 19.4 Å². The van der Waals surface area contributed by atoms with Gasteiger partial charge in [-0.25, -0.2) is 0 Å². The summed E-state index contributed by atoms with van der Waals surface area (Å²) in [5, 5.41) is 2.06. The van der Waals surface area contributed by atoms with Crippen LogP contribution in [0.4, 0.5) is 0 Å². The van der Waals surface area contributed by atoms with Crippen LogP contribution in [0.2, 0.25) is 0 Å². The Labute approximate surface area is 53.9 Å². The summed E-state index contributed by atoms with van der Waals surface area (Å²) in [7, 11) is 0. The van der Waals surface area contributed by atoms with Gasteiger partial charge in [-0.3, -0.25) is 4.99 Å². The van der Waals surface area contributed by atoms with Crippen LogP contribution in [0.5, 0.6) is 0 Å². The Hall–Kier alpha value is -0.240. The molecule has 2 heteroatoms. The molecule has 0 radical (unpaired) electrons. The van der Waals surface area contributed by atoms with Crippen molar-refractivity contribution >= 4 is 17.3 Å². The highest BCUT2D eigenvalue weighted by Gasteiger charge is 2.11. The third kappa shape index (κ3) is 1.37. The molecule has 1 rings (SSSR count). The first-order valence-electron chi connectivity index (χ1n) is 2.58. The molecule has 0 saturated carbocycles. The largest absolute Gasteiger partial charge is 0.276 e. The van der Waals surface area contributed by atoms with Crippen molar-refractivity contribution in [2.24, 2.45) is 4.99 Å². The molecule has 1 nitrogen and oxygen atoms in total. The van der Waals surface area contributed by atoms with Crippen LogP contribution >= 0.6 is 11.8 Å². The molecular formula is C6H9NS. The van der Waals surface area contributed by atoms with Crippen LogP contribution in [0.1, 0.15) is 13.8 Å². The number of rotatable bonds is 0. The second-order valence-corrected chi connectivity index (χ2v) is 3.08. The lowest BCUT2D eigenvalue weighted by molar-refractivity contribution is 0.662. The molecule has 1 heterocycles. The first-order chi connectivity index (χ1) is 3.71. The van der Waals surface area contributed by atoms with Crippen LogP contribution in [0.15, 0.2) is 16.5 Å². The molecule has 0 fully saturated rings. The Morgan fingerprint density at radius 3 is 2.50 bits per heavy atom. The smallest absolute Gasteiger partial charge is 0.0745 e. The van der Waals surface area contributed by atoms with Gasteiger partial charge < -0.3 is 0 Å². The fourth-order valence-corrected chi connectivity index (χ4v) is 1.26. The van der Waals surface area contributed by atoms with Crippen molar-refractivity contribution in [1.29, 1.82) is 0 Å². The summed E-state index contributed by atoms with van der Waals surface area (Å²) in [6.07, 6.45) is 2.09. The third-order valence-electron chi connectivity index (χ3n) is 1.00. The molecular weight excluding hydrogens is 118 g/mol. The minimum absolute atomic E-state index is 0.0469. The van der Waals surface area contributed by atoms with Crippen LogP contribution in [-0.4, -0.2) is 11.1 Å². The second kappa shape index (κ2) is 1.94.